The Kier molecular flexibility index (Phi) is 5.24. The van der Waals surface area contributed by atoms with Crippen LogP contribution in [0.25, 0.3) is 16.8 Å². The highest BCUT2D eigenvalue weighted by atomic mass is 35.5. The van der Waals surface area contributed by atoms with Gasteiger partial charge in [0, 0.05) is 10.6 Å². The number of allylic oxidation sites excluding steroid dienone is 1. The van der Waals surface area contributed by atoms with Gasteiger partial charge in [0.25, 0.3) is 0 Å². The number of ketones is 1. The Hall–Kier alpha value is -2.57. The van der Waals surface area contributed by atoms with E-state index in [1.54, 1.807) is 12.1 Å². The molecular formula is C23H15ClF3NOS. The largest absolute Gasteiger partial charge is 0.416 e. The van der Waals surface area contributed by atoms with Gasteiger partial charge in [-0.05, 0) is 47.0 Å². The Bertz CT molecular complexity index is 1230. The number of benzene rings is 3. The quantitative estimate of drug-likeness (QED) is 0.422. The summed E-state index contributed by atoms with van der Waals surface area (Å²) in [5, 5.41) is 10.6. The highest BCUT2D eigenvalue weighted by Gasteiger charge is 2.38. The number of alkyl halides is 3. The number of nitrogens with one attached hydrogen (secondary N) is 1. The highest BCUT2D eigenvalue weighted by molar-refractivity contribution is 8.19. The zero-order valence-electron chi connectivity index (χ0n) is 15.7. The topological polar surface area (TPSA) is 40.9 Å². The summed E-state index contributed by atoms with van der Waals surface area (Å²) in [6.07, 6.45) is -2.87. The van der Waals surface area contributed by atoms with E-state index in [9.17, 15) is 18.0 Å². The van der Waals surface area contributed by atoms with Crippen LogP contribution in [-0.2, 0) is 11.0 Å². The summed E-state index contributed by atoms with van der Waals surface area (Å²) in [7, 11) is 0. The van der Waals surface area contributed by atoms with Gasteiger partial charge in [-0.15, -0.1) is 0 Å². The van der Waals surface area contributed by atoms with Crippen molar-refractivity contribution >= 4 is 51.0 Å². The van der Waals surface area contributed by atoms with Crippen molar-refractivity contribution in [2.45, 2.75) is 19.0 Å². The molecule has 1 unspecified atom stereocenters. The molecule has 0 amide bonds. The average molecular weight is 446 g/mol. The molecular weight excluding hydrogens is 431 g/mol. The molecule has 3 aromatic rings. The molecule has 1 atom stereocenters. The van der Waals surface area contributed by atoms with Crippen molar-refractivity contribution in [1.82, 2.24) is 0 Å². The molecule has 0 bridgehead atoms. The first-order valence-electron chi connectivity index (χ1n) is 9.04. The number of Topliss-reactive ketones (excluding diaryl/α,β-unsaturated/α-hetero) is 1. The van der Waals surface area contributed by atoms with E-state index in [4.69, 9.17) is 17.0 Å². The fourth-order valence-electron chi connectivity index (χ4n) is 3.63. The van der Waals surface area contributed by atoms with E-state index in [2.05, 4.69) is 0 Å². The third kappa shape index (κ3) is 3.66. The van der Waals surface area contributed by atoms with Crippen LogP contribution in [0.4, 0.5) is 13.2 Å². The monoisotopic (exact) mass is 445 g/mol. The van der Waals surface area contributed by atoms with Crippen LogP contribution in [0.15, 0.2) is 59.5 Å². The Morgan fingerprint density at radius 1 is 1.10 bits per heavy atom. The van der Waals surface area contributed by atoms with E-state index in [1.807, 2.05) is 31.2 Å². The summed E-state index contributed by atoms with van der Waals surface area (Å²) in [5.74, 6) is -1.44. The zero-order chi connectivity index (χ0) is 21.6. The Labute approximate surface area is 180 Å². The lowest BCUT2D eigenvalue weighted by atomic mass is 9.93. The third-order valence-corrected chi connectivity index (χ3v) is 6.37. The number of fused-ring (bicyclic) bond motifs is 1. The van der Waals surface area contributed by atoms with Gasteiger partial charge in [0.05, 0.1) is 21.4 Å². The Balaban J connectivity index is 1.79. The number of aryl methyl sites for hydroxylation is 1. The van der Waals surface area contributed by atoms with Crippen LogP contribution in [0, 0.1) is 12.3 Å². The van der Waals surface area contributed by atoms with E-state index >= 15 is 0 Å². The minimum atomic E-state index is -4.51. The fourth-order valence-corrected chi connectivity index (χ4v) is 4.83. The van der Waals surface area contributed by atoms with Crippen molar-refractivity contribution in [3.8, 4) is 0 Å². The molecule has 4 rings (SSSR count). The molecule has 1 fully saturated rings. The van der Waals surface area contributed by atoms with E-state index in [0.717, 1.165) is 40.2 Å². The molecule has 1 aliphatic heterocycles. The predicted octanol–water partition coefficient (Wildman–Crippen LogP) is 7.24. The summed E-state index contributed by atoms with van der Waals surface area (Å²) in [5.41, 5.74) is 0.981. The van der Waals surface area contributed by atoms with Crippen molar-refractivity contribution in [3.63, 3.8) is 0 Å². The summed E-state index contributed by atoms with van der Waals surface area (Å²) >= 11 is 7.38. The summed E-state index contributed by atoms with van der Waals surface area (Å²) in [6, 6.07) is 14.1. The number of hydrogen-bond donors (Lipinski definition) is 1. The first-order chi connectivity index (χ1) is 14.2. The van der Waals surface area contributed by atoms with Gasteiger partial charge in [-0.2, -0.15) is 13.2 Å². The molecule has 0 spiro atoms. The number of halogens is 4. The number of rotatable bonds is 2. The smallest absolute Gasteiger partial charge is 0.297 e. The molecule has 7 heteroatoms. The third-order valence-electron chi connectivity index (χ3n) is 5.05. The second kappa shape index (κ2) is 7.60. The Morgan fingerprint density at radius 3 is 2.57 bits per heavy atom. The molecule has 1 heterocycles. The predicted molar refractivity (Wildman–Crippen MR) is 116 cm³/mol. The maximum atomic E-state index is 13.1. The number of thioether (sulfide) groups is 1. The molecule has 0 aromatic heterocycles. The molecule has 0 radical (unpaired) electrons. The first-order valence-corrected chi connectivity index (χ1v) is 10.2. The molecule has 3 aromatic carbocycles. The van der Waals surface area contributed by atoms with Crippen LogP contribution in [0.5, 0.6) is 0 Å². The van der Waals surface area contributed by atoms with Gasteiger partial charge in [0.2, 0.25) is 0 Å². The fraction of sp³-hybridized carbons (Fsp3) is 0.130. The van der Waals surface area contributed by atoms with Crippen LogP contribution >= 0.6 is 23.4 Å². The maximum absolute atomic E-state index is 13.1. The molecule has 30 heavy (non-hydrogen) atoms. The second-order valence-corrected chi connectivity index (χ2v) is 8.52. The van der Waals surface area contributed by atoms with Crippen molar-refractivity contribution in [2.24, 2.45) is 0 Å². The van der Waals surface area contributed by atoms with Crippen LogP contribution in [0.1, 0.15) is 28.2 Å². The molecule has 2 nitrogen and oxygen atoms in total. The molecule has 0 aliphatic carbocycles. The van der Waals surface area contributed by atoms with E-state index < -0.39 is 23.4 Å². The van der Waals surface area contributed by atoms with Crippen molar-refractivity contribution in [2.75, 3.05) is 0 Å². The minimum Gasteiger partial charge on any atom is -0.297 e. The number of hydrogen-bond acceptors (Lipinski definition) is 3. The standard InChI is InChI=1S/C23H15ClF3NOS/c1-12-4-2-5-13-8-9-17(24)16(19(12)13)11-18-21(29)20(22(28)30-18)14-6-3-7-15(10-14)23(25,26)27/h2-11,20,28H,1H3. The summed E-state index contributed by atoms with van der Waals surface area (Å²) in [4.78, 5) is 13.4. The van der Waals surface area contributed by atoms with Gasteiger partial charge >= 0.3 is 6.18 Å². The minimum absolute atomic E-state index is 0.00124. The summed E-state index contributed by atoms with van der Waals surface area (Å²) in [6.45, 7) is 1.94. The zero-order valence-corrected chi connectivity index (χ0v) is 17.3. The molecule has 0 saturated carbocycles. The van der Waals surface area contributed by atoms with E-state index in [1.165, 1.54) is 12.1 Å². The van der Waals surface area contributed by atoms with Crippen molar-refractivity contribution in [3.05, 3.63) is 86.8 Å². The van der Waals surface area contributed by atoms with Crippen LogP contribution < -0.4 is 0 Å². The first kappa shape index (κ1) is 20.7. The van der Waals surface area contributed by atoms with Crippen LogP contribution in [-0.4, -0.2) is 10.8 Å². The second-order valence-electron chi connectivity index (χ2n) is 7.03. The normalized spacial score (nSPS) is 18.6. The van der Waals surface area contributed by atoms with Crippen LogP contribution in [0.3, 0.4) is 0 Å². The van der Waals surface area contributed by atoms with Gasteiger partial charge in [-0.25, -0.2) is 0 Å². The van der Waals surface area contributed by atoms with Gasteiger partial charge in [-0.1, -0.05) is 65.8 Å². The van der Waals surface area contributed by atoms with Crippen molar-refractivity contribution in [1.29, 1.82) is 5.41 Å². The van der Waals surface area contributed by atoms with Gasteiger partial charge in [-0.3, -0.25) is 10.2 Å². The Morgan fingerprint density at radius 2 is 1.83 bits per heavy atom. The molecule has 1 N–H and O–H groups in total. The number of carbonyl (C=O) groups excluding carboxylic acids is 1. The highest BCUT2D eigenvalue weighted by Crippen LogP contribution is 2.43. The SMILES string of the molecule is Cc1cccc2ccc(Cl)c(C=C3SC(=N)C(c4cccc(C(F)(F)F)c4)C3=O)c12. The molecule has 152 valence electrons. The van der Waals surface area contributed by atoms with E-state index in [-0.39, 0.29) is 10.6 Å². The van der Waals surface area contributed by atoms with Gasteiger partial charge in [0.1, 0.15) is 0 Å². The lowest BCUT2D eigenvalue weighted by molar-refractivity contribution is -0.137. The van der Waals surface area contributed by atoms with Gasteiger partial charge in [0.15, 0.2) is 5.78 Å². The summed E-state index contributed by atoms with van der Waals surface area (Å²) < 4.78 is 39.2. The lowest BCUT2D eigenvalue weighted by Gasteiger charge is -2.12. The average Bonchev–Trinajstić information content (AvgIpc) is 2.97. The number of carbonyl (C=O) groups is 1. The van der Waals surface area contributed by atoms with Crippen molar-refractivity contribution < 1.29 is 18.0 Å². The van der Waals surface area contributed by atoms with E-state index in [0.29, 0.717) is 15.5 Å². The van der Waals surface area contributed by atoms with Crippen LogP contribution in [0.2, 0.25) is 5.02 Å². The van der Waals surface area contributed by atoms with Gasteiger partial charge < -0.3 is 0 Å². The molecule has 1 aliphatic rings. The maximum Gasteiger partial charge on any atom is 0.416 e. The lowest BCUT2D eigenvalue weighted by Crippen LogP contribution is -2.13. The molecule has 1 saturated heterocycles.